The van der Waals surface area contributed by atoms with Gasteiger partial charge in [0.1, 0.15) is 0 Å². The Balaban J connectivity index is 1.71. The van der Waals surface area contributed by atoms with Gasteiger partial charge in [-0.05, 0) is 56.3 Å². The molecule has 1 amide bonds. The Morgan fingerprint density at radius 1 is 1.03 bits per heavy atom. The second-order valence-corrected chi connectivity index (χ2v) is 7.67. The Bertz CT molecular complexity index is 1160. The van der Waals surface area contributed by atoms with Gasteiger partial charge in [-0.1, -0.05) is 24.0 Å². The molecule has 5 nitrogen and oxygen atoms in total. The summed E-state index contributed by atoms with van der Waals surface area (Å²) < 4.78 is 1.75. The van der Waals surface area contributed by atoms with E-state index in [1.807, 2.05) is 50.2 Å². The summed E-state index contributed by atoms with van der Waals surface area (Å²) in [5.41, 5.74) is 2.62. The second-order valence-electron chi connectivity index (χ2n) is 7.67. The highest BCUT2D eigenvalue weighted by Crippen LogP contribution is 2.35. The Labute approximate surface area is 169 Å². The van der Waals surface area contributed by atoms with Crippen LogP contribution in [0.4, 0.5) is 5.69 Å². The molecular weight excluding hydrogens is 364 g/mol. The summed E-state index contributed by atoms with van der Waals surface area (Å²) in [4.78, 5) is 25.7. The lowest BCUT2D eigenvalue weighted by Crippen LogP contribution is -2.58. The van der Waals surface area contributed by atoms with Crippen molar-refractivity contribution < 1.29 is 14.7 Å². The van der Waals surface area contributed by atoms with Gasteiger partial charge < -0.3 is 14.6 Å². The first-order valence-electron chi connectivity index (χ1n) is 9.30. The number of carbonyl (C=O) groups excluding carboxylic acids is 1. The van der Waals surface area contributed by atoms with Gasteiger partial charge in [-0.2, -0.15) is 0 Å². The Hall–Kier alpha value is -3.78. The first-order chi connectivity index (χ1) is 13.9. The second kappa shape index (κ2) is 6.99. The van der Waals surface area contributed by atoms with Crippen molar-refractivity contribution in [3.8, 4) is 17.5 Å². The molecular formula is C24H20N2O3. The lowest BCUT2D eigenvalue weighted by atomic mass is 9.82. The molecule has 3 aromatic rings. The molecule has 0 unspecified atom stereocenters. The van der Waals surface area contributed by atoms with E-state index in [1.54, 1.807) is 40.1 Å². The number of β-lactam (4-membered cyclic amide) rings is 1. The molecule has 1 saturated heterocycles. The number of hydrogen-bond donors (Lipinski definition) is 1. The quantitative estimate of drug-likeness (QED) is 0.549. The Morgan fingerprint density at radius 2 is 1.76 bits per heavy atom. The first-order valence-corrected chi connectivity index (χ1v) is 9.30. The van der Waals surface area contributed by atoms with Crippen molar-refractivity contribution in [3.63, 3.8) is 0 Å². The molecule has 0 spiro atoms. The van der Waals surface area contributed by atoms with Crippen LogP contribution < -0.4 is 4.90 Å². The van der Waals surface area contributed by atoms with Gasteiger partial charge in [0.05, 0.1) is 16.7 Å². The van der Waals surface area contributed by atoms with E-state index >= 15 is 0 Å². The number of carboxylic acid groups (broad SMARTS) is 1. The summed E-state index contributed by atoms with van der Waals surface area (Å²) in [7, 11) is 0. The van der Waals surface area contributed by atoms with Crippen LogP contribution in [-0.2, 0) is 4.79 Å². The summed E-state index contributed by atoms with van der Waals surface area (Å²) in [5, 5.41) is 9.57. The molecule has 1 aromatic heterocycles. The third-order valence-electron chi connectivity index (χ3n) is 5.01. The van der Waals surface area contributed by atoms with Crippen LogP contribution in [0.1, 0.15) is 35.3 Å². The van der Waals surface area contributed by atoms with E-state index in [2.05, 4.69) is 11.8 Å². The monoisotopic (exact) mass is 384 g/mol. The van der Waals surface area contributed by atoms with E-state index in [0.29, 0.717) is 17.8 Å². The van der Waals surface area contributed by atoms with Crippen molar-refractivity contribution in [2.75, 3.05) is 11.4 Å². The molecule has 0 radical (unpaired) electrons. The maximum absolute atomic E-state index is 12.3. The average molecular weight is 384 g/mol. The minimum absolute atomic E-state index is 0.103. The lowest BCUT2D eigenvalue weighted by Gasteiger charge is -2.44. The highest BCUT2D eigenvalue weighted by molar-refractivity contribution is 6.04. The van der Waals surface area contributed by atoms with Crippen LogP contribution in [0, 0.1) is 17.3 Å². The molecule has 1 aliphatic heterocycles. The van der Waals surface area contributed by atoms with E-state index in [1.165, 1.54) is 0 Å². The smallest absolute Gasteiger partial charge is 0.337 e. The molecule has 144 valence electrons. The maximum Gasteiger partial charge on any atom is 0.337 e. The number of benzene rings is 2. The van der Waals surface area contributed by atoms with E-state index in [0.717, 1.165) is 11.3 Å². The molecule has 0 saturated carbocycles. The zero-order valence-corrected chi connectivity index (χ0v) is 16.2. The van der Waals surface area contributed by atoms with Gasteiger partial charge in [-0.25, -0.2) is 4.79 Å². The van der Waals surface area contributed by atoms with Crippen molar-refractivity contribution >= 4 is 17.6 Å². The normalized spacial score (nSPS) is 14.7. The van der Waals surface area contributed by atoms with Crippen molar-refractivity contribution in [1.82, 2.24) is 4.57 Å². The molecule has 29 heavy (non-hydrogen) atoms. The number of amides is 1. The Kier molecular flexibility index (Phi) is 4.48. The summed E-state index contributed by atoms with van der Waals surface area (Å²) >= 11 is 0. The molecule has 1 aliphatic rings. The van der Waals surface area contributed by atoms with Crippen LogP contribution in [0.5, 0.6) is 0 Å². The zero-order chi connectivity index (χ0) is 20.6. The summed E-state index contributed by atoms with van der Waals surface area (Å²) in [6.45, 7) is 4.56. The molecule has 2 aromatic carbocycles. The standard InChI is InChI=1S/C24H20N2O3/c1-24(2)16-26(23(24)29)19-9-5-7-17(15-19)11-12-18-8-6-10-20(22(27)28)21(18)25-13-3-4-14-25/h3-10,13-15H,16H2,1-2H3,(H,27,28). The highest BCUT2D eigenvalue weighted by Gasteiger charge is 2.44. The van der Waals surface area contributed by atoms with Gasteiger partial charge in [0.15, 0.2) is 0 Å². The molecule has 0 atom stereocenters. The number of hydrogen-bond acceptors (Lipinski definition) is 2. The van der Waals surface area contributed by atoms with Crippen LogP contribution in [0.3, 0.4) is 0 Å². The number of rotatable bonds is 3. The van der Waals surface area contributed by atoms with E-state index in [-0.39, 0.29) is 16.9 Å². The van der Waals surface area contributed by atoms with Gasteiger partial charge in [0.2, 0.25) is 5.91 Å². The number of anilines is 1. The van der Waals surface area contributed by atoms with Crippen LogP contribution in [-0.4, -0.2) is 28.1 Å². The predicted molar refractivity (Wildman–Crippen MR) is 111 cm³/mol. The number of nitrogens with zero attached hydrogens (tertiary/aromatic N) is 2. The van der Waals surface area contributed by atoms with Crippen LogP contribution >= 0.6 is 0 Å². The predicted octanol–water partition coefficient (Wildman–Crippen LogP) is 3.95. The molecule has 4 rings (SSSR count). The minimum Gasteiger partial charge on any atom is -0.478 e. The van der Waals surface area contributed by atoms with Gasteiger partial charge in [-0.3, -0.25) is 4.79 Å². The van der Waals surface area contributed by atoms with Crippen molar-refractivity contribution in [2.24, 2.45) is 5.41 Å². The largest absolute Gasteiger partial charge is 0.478 e. The summed E-state index contributed by atoms with van der Waals surface area (Å²) in [6, 6.07) is 16.3. The average Bonchev–Trinajstić information content (AvgIpc) is 3.24. The number of carboxylic acids is 1. The zero-order valence-electron chi connectivity index (χ0n) is 16.2. The van der Waals surface area contributed by atoms with Crippen LogP contribution in [0.2, 0.25) is 0 Å². The summed E-state index contributed by atoms with van der Waals surface area (Å²) in [6.07, 6.45) is 3.59. The lowest BCUT2D eigenvalue weighted by molar-refractivity contribution is -0.132. The minimum atomic E-state index is -1.00. The van der Waals surface area contributed by atoms with E-state index in [9.17, 15) is 14.7 Å². The molecule has 1 N–H and O–H groups in total. The van der Waals surface area contributed by atoms with Gasteiger partial charge >= 0.3 is 5.97 Å². The van der Waals surface area contributed by atoms with Crippen molar-refractivity contribution in [1.29, 1.82) is 0 Å². The van der Waals surface area contributed by atoms with Crippen LogP contribution in [0.25, 0.3) is 5.69 Å². The first kappa shape index (κ1) is 18.6. The maximum atomic E-state index is 12.3. The topological polar surface area (TPSA) is 62.5 Å². The molecule has 5 heteroatoms. The number of aromatic nitrogens is 1. The number of para-hydroxylation sites is 1. The van der Waals surface area contributed by atoms with Crippen molar-refractivity contribution in [3.05, 3.63) is 83.7 Å². The van der Waals surface area contributed by atoms with Gasteiger partial charge in [-0.15, -0.1) is 0 Å². The van der Waals surface area contributed by atoms with Gasteiger partial charge in [0.25, 0.3) is 0 Å². The molecule has 0 bridgehead atoms. The third kappa shape index (κ3) is 3.41. The van der Waals surface area contributed by atoms with E-state index < -0.39 is 5.97 Å². The highest BCUT2D eigenvalue weighted by atomic mass is 16.4. The van der Waals surface area contributed by atoms with Gasteiger partial charge in [0, 0.05) is 35.8 Å². The molecule has 1 fully saturated rings. The SMILES string of the molecule is CC1(C)CN(c2cccc(C#Cc3cccc(C(=O)O)c3-n3cccc3)c2)C1=O. The fourth-order valence-corrected chi connectivity index (χ4v) is 3.49. The molecule has 2 heterocycles. The number of carbonyl (C=O) groups is 2. The molecule has 0 aliphatic carbocycles. The van der Waals surface area contributed by atoms with E-state index in [4.69, 9.17) is 0 Å². The fourth-order valence-electron chi connectivity index (χ4n) is 3.49. The summed E-state index contributed by atoms with van der Waals surface area (Å²) in [5.74, 6) is 5.32. The Morgan fingerprint density at radius 3 is 2.41 bits per heavy atom. The fraction of sp³-hybridized carbons (Fsp3) is 0.167. The van der Waals surface area contributed by atoms with Crippen LogP contribution in [0.15, 0.2) is 67.0 Å². The number of aromatic carboxylic acids is 1. The van der Waals surface area contributed by atoms with Crippen molar-refractivity contribution in [2.45, 2.75) is 13.8 Å². The third-order valence-corrected chi connectivity index (χ3v) is 5.01.